The highest BCUT2D eigenvalue weighted by molar-refractivity contribution is 7.14. The average molecular weight is 584 g/mol. The first kappa shape index (κ1) is 28.8. The number of nitrogens with zero attached hydrogens (tertiary/aromatic N) is 2. The SMILES string of the molecule is CCOc1cc(-c2csc(-c3cc(C(F)(F)F)c(C#N)c(=O)n3Cc3ccc(F)cc3F)c2)cc(C(F)(F)F)c1. The zero-order valence-corrected chi connectivity index (χ0v) is 21.1. The third kappa shape index (κ3) is 5.86. The molecule has 2 heterocycles. The van der Waals surface area contributed by atoms with Crippen molar-refractivity contribution in [2.45, 2.75) is 25.8 Å². The van der Waals surface area contributed by atoms with E-state index in [4.69, 9.17) is 4.74 Å². The standard InChI is InChI=1S/C27H16F8N2O2S/c1-2-39-19-6-15(5-17(8-19)26(30,31)32)16-7-24(40-13-16)23-10-21(27(33,34)35)20(11-36)25(38)37(23)12-14-3-4-18(28)9-22(14)29/h3-10,13H,2,12H2,1H3. The summed E-state index contributed by atoms with van der Waals surface area (Å²) in [6, 6.07) is 8.47. The summed E-state index contributed by atoms with van der Waals surface area (Å²) in [6.07, 6.45) is -9.82. The molecule has 0 radical (unpaired) electrons. The van der Waals surface area contributed by atoms with Gasteiger partial charge in [0.25, 0.3) is 5.56 Å². The Balaban J connectivity index is 1.93. The maximum absolute atomic E-state index is 14.4. The lowest BCUT2D eigenvalue weighted by Crippen LogP contribution is -2.28. The quantitative estimate of drug-likeness (QED) is 0.217. The first-order valence-corrected chi connectivity index (χ1v) is 12.2. The fraction of sp³-hybridized carbons (Fsp3) is 0.185. The van der Waals surface area contributed by atoms with Gasteiger partial charge in [0.1, 0.15) is 29.0 Å². The molecule has 0 spiro atoms. The Hall–Kier alpha value is -4.18. The second-order valence-corrected chi connectivity index (χ2v) is 9.34. The van der Waals surface area contributed by atoms with Crippen molar-refractivity contribution in [3.63, 3.8) is 0 Å². The van der Waals surface area contributed by atoms with Crippen molar-refractivity contribution in [2.75, 3.05) is 6.61 Å². The molecule has 0 amide bonds. The third-order valence-electron chi connectivity index (χ3n) is 5.79. The summed E-state index contributed by atoms with van der Waals surface area (Å²) in [6.45, 7) is 1.00. The molecule has 40 heavy (non-hydrogen) atoms. The Morgan fingerprint density at radius 1 is 0.950 bits per heavy atom. The van der Waals surface area contributed by atoms with Crippen LogP contribution >= 0.6 is 11.3 Å². The molecular formula is C27H16F8N2O2S. The molecule has 0 N–H and O–H groups in total. The highest BCUT2D eigenvalue weighted by Crippen LogP contribution is 2.40. The fourth-order valence-electron chi connectivity index (χ4n) is 3.96. The van der Waals surface area contributed by atoms with E-state index in [0.717, 1.165) is 40.2 Å². The summed E-state index contributed by atoms with van der Waals surface area (Å²) in [7, 11) is 0. The number of thiophene rings is 1. The van der Waals surface area contributed by atoms with Gasteiger partial charge in [-0.1, -0.05) is 6.07 Å². The Kier molecular flexibility index (Phi) is 7.76. The summed E-state index contributed by atoms with van der Waals surface area (Å²) in [5.74, 6) is -2.08. The van der Waals surface area contributed by atoms with E-state index in [0.29, 0.717) is 12.1 Å². The van der Waals surface area contributed by atoms with Crippen LogP contribution in [0.2, 0.25) is 0 Å². The first-order valence-electron chi connectivity index (χ1n) is 11.4. The highest BCUT2D eigenvalue weighted by Gasteiger charge is 2.37. The van der Waals surface area contributed by atoms with Gasteiger partial charge in [-0.25, -0.2) is 8.78 Å². The lowest BCUT2D eigenvalue weighted by atomic mass is 10.0. The van der Waals surface area contributed by atoms with E-state index >= 15 is 0 Å². The molecule has 0 saturated carbocycles. The van der Waals surface area contributed by atoms with E-state index in [1.54, 1.807) is 6.92 Å². The summed E-state index contributed by atoms with van der Waals surface area (Å²) < 4.78 is 116. The van der Waals surface area contributed by atoms with Gasteiger partial charge in [0.05, 0.1) is 34.8 Å². The Morgan fingerprint density at radius 3 is 2.27 bits per heavy atom. The number of hydrogen-bond donors (Lipinski definition) is 0. The maximum Gasteiger partial charge on any atom is 0.417 e. The zero-order valence-electron chi connectivity index (χ0n) is 20.3. The molecule has 208 valence electrons. The number of alkyl halides is 6. The maximum atomic E-state index is 14.4. The predicted molar refractivity (Wildman–Crippen MR) is 131 cm³/mol. The monoisotopic (exact) mass is 584 g/mol. The minimum Gasteiger partial charge on any atom is -0.494 e. The molecule has 0 unspecified atom stereocenters. The molecule has 0 saturated heterocycles. The van der Waals surface area contributed by atoms with Crippen molar-refractivity contribution in [3.05, 3.63) is 98.2 Å². The van der Waals surface area contributed by atoms with E-state index in [9.17, 15) is 45.2 Å². The van der Waals surface area contributed by atoms with Crippen molar-refractivity contribution in [1.82, 2.24) is 4.57 Å². The van der Waals surface area contributed by atoms with Crippen molar-refractivity contribution in [2.24, 2.45) is 0 Å². The molecule has 2 aromatic carbocycles. The number of hydrogen-bond acceptors (Lipinski definition) is 4. The average Bonchev–Trinajstić information content (AvgIpc) is 3.35. The van der Waals surface area contributed by atoms with E-state index in [1.807, 2.05) is 0 Å². The van der Waals surface area contributed by atoms with Crippen LogP contribution in [-0.4, -0.2) is 11.2 Å². The molecule has 0 fully saturated rings. The summed E-state index contributed by atoms with van der Waals surface area (Å²) in [5, 5.41) is 10.7. The molecule has 0 bridgehead atoms. The summed E-state index contributed by atoms with van der Waals surface area (Å²) in [5.41, 5.74) is -5.53. The van der Waals surface area contributed by atoms with Gasteiger partial charge in [-0.2, -0.15) is 31.6 Å². The van der Waals surface area contributed by atoms with Gasteiger partial charge in [-0.3, -0.25) is 4.79 Å². The topological polar surface area (TPSA) is 55.0 Å². The van der Waals surface area contributed by atoms with Crippen molar-refractivity contribution < 1.29 is 39.9 Å². The van der Waals surface area contributed by atoms with Gasteiger partial charge in [0.2, 0.25) is 0 Å². The number of halogens is 8. The predicted octanol–water partition coefficient (Wildman–Crippen LogP) is 7.88. The van der Waals surface area contributed by atoms with Crippen LogP contribution in [0.3, 0.4) is 0 Å². The van der Waals surface area contributed by atoms with Gasteiger partial charge in [0, 0.05) is 11.6 Å². The van der Waals surface area contributed by atoms with Crippen LogP contribution in [0.5, 0.6) is 5.75 Å². The van der Waals surface area contributed by atoms with Crippen LogP contribution in [-0.2, 0) is 18.9 Å². The van der Waals surface area contributed by atoms with Crippen LogP contribution in [0, 0.1) is 23.0 Å². The molecule has 0 aliphatic rings. The van der Waals surface area contributed by atoms with Gasteiger partial charge in [-0.05, 0) is 59.8 Å². The van der Waals surface area contributed by atoms with Crippen LogP contribution < -0.4 is 10.3 Å². The molecule has 0 aliphatic carbocycles. The normalized spacial score (nSPS) is 11.9. The number of ether oxygens (including phenoxy) is 1. The van der Waals surface area contributed by atoms with E-state index in [2.05, 4.69) is 0 Å². The molecule has 0 aliphatic heterocycles. The number of pyridine rings is 1. The fourth-order valence-corrected chi connectivity index (χ4v) is 4.90. The summed E-state index contributed by atoms with van der Waals surface area (Å²) in [4.78, 5) is 13.1. The van der Waals surface area contributed by atoms with Gasteiger partial charge in [0.15, 0.2) is 0 Å². The Morgan fingerprint density at radius 2 is 1.68 bits per heavy atom. The van der Waals surface area contributed by atoms with Crippen LogP contribution in [0.1, 0.15) is 29.2 Å². The van der Waals surface area contributed by atoms with Crippen LogP contribution in [0.15, 0.2) is 58.7 Å². The number of rotatable bonds is 6. The second-order valence-electron chi connectivity index (χ2n) is 8.43. The van der Waals surface area contributed by atoms with Crippen molar-refractivity contribution in [3.8, 4) is 33.5 Å². The van der Waals surface area contributed by atoms with E-state index in [-0.39, 0.29) is 39.6 Å². The molecule has 4 aromatic rings. The first-order chi connectivity index (χ1) is 18.7. The highest BCUT2D eigenvalue weighted by atomic mass is 32.1. The minimum absolute atomic E-state index is 0.0139. The van der Waals surface area contributed by atoms with E-state index < -0.39 is 52.8 Å². The van der Waals surface area contributed by atoms with Crippen molar-refractivity contribution >= 4 is 11.3 Å². The number of benzene rings is 2. The molecule has 4 nitrogen and oxygen atoms in total. The van der Waals surface area contributed by atoms with Crippen molar-refractivity contribution in [1.29, 1.82) is 5.26 Å². The molecule has 0 atom stereocenters. The third-order valence-corrected chi connectivity index (χ3v) is 6.74. The molecule has 2 aromatic heterocycles. The molecule has 4 rings (SSSR count). The molecular weight excluding hydrogens is 568 g/mol. The number of nitriles is 1. The Bertz CT molecular complexity index is 1680. The van der Waals surface area contributed by atoms with E-state index in [1.165, 1.54) is 23.6 Å². The minimum atomic E-state index is -5.10. The zero-order chi connectivity index (χ0) is 29.4. The van der Waals surface area contributed by atoms with Gasteiger partial charge < -0.3 is 9.30 Å². The summed E-state index contributed by atoms with van der Waals surface area (Å²) >= 11 is 0.817. The largest absolute Gasteiger partial charge is 0.494 e. The number of aromatic nitrogens is 1. The lowest BCUT2D eigenvalue weighted by molar-refractivity contribution is -0.138. The van der Waals surface area contributed by atoms with Gasteiger partial charge in [-0.15, -0.1) is 11.3 Å². The van der Waals surface area contributed by atoms with Crippen LogP contribution in [0.25, 0.3) is 21.7 Å². The molecule has 13 heteroatoms. The van der Waals surface area contributed by atoms with Gasteiger partial charge >= 0.3 is 12.4 Å². The second kappa shape index (κ2) is 10.8. The lowest BCUT2D eigenvalue weighted by Gasteiger charge is -2.17. The smallest absolute Gasteiger partial charge is 0.417 e. The Labute approximate surface area is 225 Å². The van der Waals surface area contributed by atoms with Crippen LogP contribution in [0.4, 0.5) is 35.1 Å².